The lowest BCUT2D eigenvalue weighted by molar-refractivity contribution is 0.0234. The summed E-state index contributed by atoms with van der Waals surface area (Å²) in [7, 11) is 5.88. The Morgan fingerprint density at radius 3 is 2.87 bits per heavy atom. The summed E-state index contributed by atoms with van der Waals surface area (Å²) in [5, 5.41) is 9.65. The molecule has 90 valence electrons. The first kappa shape index (κ1) is 12.9. The fourth-order valence-corrected chi connectivity index (χ4v) is 2.16. The van der Waals surface area contributed by atoms with Crippen molar-refractivity contribution in [3.63, 3.8) is 0 Å². The number of hydrogen-bond acceptors (Lipinski definition) is 4. The van der Waals surface area contributed by atoms with E-state index in [0.717, 1.165) is 19.6 Å². The number of β-amino-alcohol motifs (C(OH)–C–C–N with tert-alkyl or cyclic N) is 1. The molecule has 0 aromatic carbocycles. The van der Waals surface area contributed by atoms with Crippen molar-refractivity contribution in [1.29, 1.82) is 0 Å². The number of rotatable bonds is 5. The molecule has 4 nitrogen and oxygen atoms in total. The van der Waals surface area contributed by atoms with Crippen LogP contribution in [0.3, 0.4) is 0 Å². The van der Waals surface area contributed by atoms with Gasteiger partial charge in [-0.1, -0.05) is 0 Å². The molecular weight excluding hydrogens is 192 g/mol. The largest absolute Gasteiger partial charge is 0.389 e. The minimum atomic E-state index is -0.351. The maximum absolute atomic E-state index is 9.65. The molecule has 2 unspecified atom stereocenters. The minimum absolute atomic E-state index is 0.351. The third-order valence-electron chi connectivity index (χ3n) is 3.04. The van der Waals surface area contributed by atoms with Gasteiger partial charge in [-0.15, -0.1) is 0 Å². The molecule has 2 atom stereocenters. The number of hydrogen-bond donors (Lipinski definition) is 1. The van der Waals surface area contributed by atoms with Crippen molar-refractivity contribution in [2.45, 2.75) is 25.0 Å². The van der Waals surface area contributed by atoms with E-state index in [1.54, 1.807) is 7.11 Å². The molecule has 1 aliphatic heterocycles. The van der Waals surface area contributed by atoms with Gasteiger partial charge in [0.15, 0.2) is 0 Å². The maximum atomic E-state index is 9.65. The SMILES string of the molecule is COCC(O)CN1CCCC(N(C)C)C1. The smallest absolute Gasteiger partial charge is 0.0900 e. The van der Waals surface area contributed by atoms with Crippen LogP contribution in [0, 0.1) is 0 Å². The monoisotopic (exact) mass is 216 g/mol. The summed E-state index contributed by atoms with van der Waals surface area (Å²) in [6.07, 6.45) is 2.14. The van der Waals surface area contributed by atoms with E-state index in [0.29, 0.717) is 12.6 Å². The van der Waals surface area contributed by atoms with Crippen LogP contribution in [0.4, 0.5) is 0 Å². The van der Waals surface area contributed by atoms with E-state index in [1.165, 1.54) is 12.8 Å². The van der Waals surface area contributed by atoms with Gasteiger partial charge < -0.3 is 14.7 Å². The van der Waals surface area contributed by atoms with E-state index in [-0.39, 0.29) is 6.10 Å². The molecule has 1 aliphatic rings. The standard InChI is InChI=1S/C11H24N2O2/c1-12(2)10-5-4-6-13(7-10)8-11(14)9-15-3/h10-11,14H,4-9H2,1-3H3. The first-order valence-electron chi connectivity index (χ1n) is 5.69. The fourth-order valence-electron chi connectivity index (χ4n) is 2.16. The van der Waals surface area contributed by atoms with Gasteiger partial charge in [0.05, 0.1) is 12.7 Å². The van der Waals surface area contributed by atoms with E-state index in [2.05, 4.69) is 23.9 Å². The molecule has 1 rings (SSSR count). The van der Waals surface area contributed by atoms with Crippen molar-refractivity contribution in [3.8, 4) is 0 Å². The van der Waals surface area contributed by atoms with Crippen LogP contribution in [0.1, 0.15) is 12.8 Å². The Kier molecular flexibility index (Phi) is 5.53. The predicted molar refractivity (Wildman–Crippen MR) is 61.0 cm³/mol. The Morgan fingerprint density at radius 2 is 2.27 bits per heavy atom. The fraction of sp³-hybridized carbons (Fsp3) is 1.00. The van der Waals surface area contributed by atoms with E-state index in [9.17, 15) is 5.11 Å². The van der Waals surface area contributed by atoms with Crippen LogP contribution in [-0.4, -0.2) is 74.5 Å². The average molecular weight is 216 g/mol. The van der Waals surface area contributed by atoms with Crippen molar-refractivity contribution < 1.29 is 9.84 Å². The van der Waals surface area contributed by atoms with Crippen molar-refractivity contribution in [2.75, 3.05) is 47.4 Å². The summed E-state index contributed by atoms with van der Waals surface area (Å²) in [6, 6.07) is 0.633. The zero-order valence-corrected chi connectivity index (χ0v) is 10.1. The van der Waals surface area contributed by atoms with Crippen LogP contribution in [0.5, 0.6) is 0 Å². The summed E-state index contributed by atoms with van der Waals surface area (Å²) >= 11 is 0. The van der Waals surface area contributed by atoms with Crippen LogP contribution in [-0.2, 0) is 4.74 Å². The Bertz CT molecular complexity index is 176. The Labute approximate surface area is 92.8 Å². The molecule has 0 radical (unpaired) electrons. The van der Waals surface area contributed by atoms with Gasteiger partial charge in [0, 0.05) is 26.2 Å². The maximum Gasteiger partial charge on any atom is 0.0900 e. The summed E-state index contributed by atoms with van der Waals surface area (Å²) in [4.78, 5) is 4.60. The minimum Gasteiger partial charge on any atom is -0.389 e. The van der Waals surface area contributed by atoms with Gasteiger partial charge in [-0.05, 0) is 33.5 Å². The number of piperidine rings is 1. The molecule has 4 heteroatoms. The predicted octanol–water partition coefficient (Wildman–Crippen LogP) is 0.0197. The molecule has 15 heavy (non-hydrogen) atoms. The van der Waals surface area contributed by atoms with Crippen LogP contribution in [0.25, 0.3) is 0 Å². The topological polar surface area (TPSA) is 35.9 Å². The van der Waals surface area contributed by atoms with Gasteiger partial charge >= 0.3 is 0 Å². The highest BCUT2D eigenvalue weighted by Gasteiger charge is 2.22. The van der Waals surface area contributed by atoms with Crippen molar-refractivity contribution in [3.05, 3.63) is 0 Å². The molecule has 0 spiro atoms. The molecular formula is C11H24N2O2. The molecule has 1 heterocycles. The summed E-state index contributed by atoms with van der Waals surface area (Å²) < 4.78 is 4.93. The number of aliphatic hydroxyl groups is 1. The number of methoxy groups -OCH3 is 1. The van der Waals surface area contributed by atoms with E-state index in [1.807, 2.05) is 0 Å². The van der Waals surface area contributed by atoms with Gasteiger partial charge in [-0.25, -0.2) is 0 Å². The second-order valence-electron chi connectivity index (χ2n) is 4.63. The highest BCUT2D eigenvalue weighted by molar-refractivity contribution is 4.79. The van der Waals surface area contributed by atoms with Crippen LogP contribution >= 0.6 is 0 Å². The third-order valence-corrected chi connectivity index (χ3v) is 3.04. The van der Waals surface area contributed by atoms with Crippen LogP contribution in [0.15, 0.2) is 0 Å². The number of nitrogens with zero attached hydrogens (tertiary/aromatic N) is 2. The third kappa shape index (κ3) is 4.47. The summed E-state index contributed by atoms with van der Waals surface area (Å²) in [5.74, 6) is 0. The molecule has 1 N–H and O–H groups in total. The first-order valence-corrected chi connectivity index (χ1v) is 5.69. The molecule has 1 fully saturated rings. The zero-order chi connectivity index (χ0) is 11.3. The lowest BCUT2D eigenvalue weighted by atomic mass is 10.0. The highest BCUT2D eigenvalue weighted by Crippen LogP contribution is 2.13. The number of likely N-dealkylation sites (tertiary alicyclic amines) is 1. The summed E-state index contributed by atoms with van der Waals surface area (Å²) in [6.45, 7) is 3.33. The molecule has 0 aliphatic carbocycles. The summed E-state index contributed by atoms with van der Waals surface area (Å²) in [5.41, 5.74) is 0. The van der Waals surface area contributed by atoms with Gasteiger partial charge in [0.25, 0.3) is 0 Å². The quantitative estimate of drug-likeness (QED) is 0.703. The average Bonchev–Trinajstić information content (AvgIpc) is 2.18. The number of ether oxygens (including phenoxy) is 1. The van der Waals surface area contributed by atoms with Gasteiger partial charge in [0.2, 0.25) is 0 Å². The van der Waals surface area contributed by atoms with Crippen molar-refractivity contribution >= 4 is 0 Å². The zero-order valence-electron chi connectivity index (χ0n) is 10.1. The number of aliphatic hydroxyl groups excluding tert-OH is 1. The van der Waals surface area contributed by atoms with Crippen molar-refractivity contribution in [1.82, 2.24) is 9.80 Å². The normalized spacial score (nSPS) is 25.8. The second kappa shape index (κ2) is 6.43. The highest BCUT2D eigenvalue weighted by atomic mass is 16.5. The molecule has 0 aromatic rings. The lowest BCUT2D eigenvalue weighted by Gasteiger charge is -2.36. The number of likely N-dealkylation sites (N-methyl/N-ethyl adjacent to an activating group) is 1. The van der Waals surface area contributed by atoms with E-state index >= 15 is 0 Å². The van der Waals surface area contributed by atoms with Gasteiger partial charge in [-0.2, -0.15) is 0 Å². The van der Waals surface area contributed by atoms with E-state index < -0.39 is 0 Å². The first-order chi connectivity index (χ1) is 7.13. The molecule has 0 saturated carbocycles. The Hall–Kier alpha value is -0.160. The van der Waals surface area contributed by atoms with Crippen LogP contribution < -0.4 is 0 Å². The van der Waals surface area contributed by atoms with Crippen LogP contribution in [0.2, 0.25) is 0 Å². The van der Waals surface area contributed by atoms with Gasteiger partial charge in [0.1, 0.15) is 0 Å². The molecule has 0 amide bonds. The van der Waals surface area contributed by atoms with Gasteiger partial charge in [-0.3, -0.25) is 4.90 Å². The van der Waals surface area contributed by atoms with Crippen molar-refractivity contribution in [2.24, 2.45) is 0 Å². The lowest BCUT2D eigenvalue weighted by Crippen LogP contribution is -2.47. The Balaban J connectivity index is 2.29. The molecule has 0 aromatic heterocycles. The Morgan fingerprint density at radius 1 is 1.53 bits per heavy atom. The second-order valence-corrected chi connectivity index (χ2v) is 4.63. The van der Waals surface area contributed by atoms with E-state index in [4.69, 9.17) is 4.74 Å². The molecule has 0 bridgehead atoms. The molecule has 1 saturated heterocycles.